The molecule has 1 rings (SSSR count). The maximum atomic E-state index is 12.1. The summed E-state index contributed by atoms with van der Waals surface area (Å²) >= 11 is 0. The van der Waals surface area contributed by atoms with Crippen LogP contribution in [0.25, 0.3) is 0 Å². The smallest absolute Gasteiger partial charge is 0.239 e. The zero-order valence-electron chi connectivity index (χ0n) is 14.4. The van der Waals surface area contributed by atoms with Crippen molar-refractivity contribution in [3.8, 4) is 0 Å². The lowest BCUT2D eigenvalue weighted by atomic mass is 10.0. The van der Waals surface area contributed by atoms with Crippen molar-refractivity contribution in [1.82, 2.24) is 10.2 Å². The minimum absolute atomic E-state index is 0.0568. The number of aliphatic imine (C=N–C) groups is 1. The van der Waals surface area contributed by atoms with Gasteiger partial charge in [-0.25, -0.2) is 4.99 Å². The van der Waals surface area contributed by atoms with Gasteiger partial charge in [0.15, 0.2) is 0 Å². The van der Waals surface area contributed by atoms with Crippen LogP contribution in [-0.4, -0.2) is 63.3 Å². The standard InChI is InChI=1S/C16H30N4O3/c1-13(22-2)6-7-14(9-17)10-19-15(21)11-20-12-18-8-4-5-16(20)23-3/h4,8,12-14,16H,5-7,9-11,17H2,1-3H3,(H,19,21). The first-order chi connectivity index (χ1) is 11.1. The SMILES string of the molecule is COC(C)CCC(CN)CNC(=O)CN1C=NC=CCC1OC. The van der Waals surface area contributed by atoms with E-state index in [9.17, 15) is 4.79 Å². The molecule has 3 atom stereocenters. The van der Waals surface area contributed by atoms with Crippen LogP contribution in [0.2, 0.25) is 0 Å². The molecule has 0 saturated heterocycles. The summed E-state index contributed by atoms with van der Waals surface area (Å²) in [5.74, 6) is 0.202. The Morgan fingerprint density at radius 1 is 1.48 bits per heavy atom. The number of ether oxygens (including phenoxy) is 2. The Morgan fingerprint density at radius 3 is 2.91 bits per heavy atom. The minimum atomic E-state index is -0.170. The van der Waals surface area contributed by atoms with Gasteiger partial charge < -0.3 is 25.4 Å². The molecule has 0 saturated carbocycles. The van der Waals surface area contributed by atoms with Crippen molar-refractivity contribution in [1.29, 1.82) is 0 Å². The number of carbonyl (C=O) groups is 1. The zero-order chi connectivity index (χ0) is 17.1. The summed E-state index contributed by atoms with van der Waals surface area (Å²) in [6.07, 6.45) is 7.88. The van der Waals surface area contributed by atoms with E-state index in [1.54, 1.807) is 31.7 Å². The second kappa shape index (κ2) is 11.2. The maximum absolute atomic E-state index is 12.1. The summed E-state index contributed by atoms with van der Waals surface area (Å²) < 4.78 is 10.6. The van der Waals surface area contributed by atoms with E-state index in [2.05, 4.69) is 10.3 Å². The molecule has 0 aromatic heterocycles. The third kappa shape index (κ3) is 7.58. The molecule has 7 nitrogen and oxygen atoms in total. The molecule has 0 fully saturated rings. The lowest BCUT2D eigenvalue weighted by molar-refractivity contribution is -0.123. The van der Waals surface area contributed by atoms with Crippen molar-refractivity contribution in [2.75, 3.05) is 33.9 Å². The number of nitrogens with two attached hydrogens (primary N) is 1. The van der Waals surface area contributed by atoms with Gasteiger partial charge in [0, 0.05) is 33.4 Å². The van der Waals surface area contributed by atoms with Gasteiger partial charge in [0.25, 0.3) is 0 Å². The first-order valence-corrected chi connectivity index (χ1v) is 8.07. The summed E-state index contributed by atoms with van der Waals surface area (Å²) in [4.78, 5) is 18.0. The highest BCUT2D eigenvalue weighted by molar-refractivity contribution is 5.80. The molecule has 1 aliphatic heterocycles. The number of rotatable bonds is 10. The molecule has 1 aliphatic rings. The third-order valence-electron chi connectivity index (χ3n) is 4.02. The van der Waals surface area contributed by atoms with E-state index in [1.807, 2.05) is 13.0 Å². The molecular formula is C16H30N4O3. The molecule has 0 bridgehead atoms. The van der Waals surface area contributed by atoms with E-state index in [1.165, 1.54) is 0 Å². The highest BCUT2D eigenvalue weighted by Gasteiger charge is 2.19. The van der Waals surface area contributed by atoms with E-state index in [0.717, 1.165) is 12.8 Å². The Hall–Kier alpha value is -1.44. The van der Waals surface area contributed by atoms with Gasteiger partial charge in [-0.15, -0.1) is 0 Å². The first-order valence-electron chi connectivity index (χ1n) is 8.07. The molecule has 3 N–H and O–H groups in total. The van der Waals surface area contributed by atoms with E-state index in [0.29, 0.717) is 19.5 Å². The molecule has 0 aromatic carbocycles. The highest BCUT2D eigenvalue weighted by atomic mass is 16.5. The normalized spacial score (nSPS) is 20.2. The van der Waals surface area contributed by atoms with Gasteiger partial charge in [-0.2, -0.15) is 0 Å². The summed E-state index contributed by atoms with van der Waals surface area (Å²) in [6.45, 7) is 3.37. The second-order valence-corrected chi connectivity index (χ2v) is 5.78. The summed E-state index contributed by atoms with van der Waals surface area (Å²) in [7, 11) is 3.33. The Balaban J connectivity index is 2.36. The highest BCUT2D eigenvalue weighted by Crippen LogP contribution is 2.09. The fraction of sp³-hybridized carbons (Fsp3) is 0.750. The molecule has 132 valence electrons. The summed E-state index contributed by atoms with van der Waals surface area (Å²) in [6, 6.07) is 0. The van der Waals surface area contributed by atoms with Crippen molar-refractivity contribution >= 4 is 12.2 Å². The molecular weight excluding hydrogens is 296 g/mol. The third-order valence-corrected chi connectivity index (χ3v) is 4.02. The van der Waals surface area contributed by atoms with Crippen LogP contribution in [0.15, 0.2) is 17.3 Å². The topological polar surface area (TPSA) is 89.2 Å². The van der Waals surface area contributed by atoms with E-state index < -0.39 is 0 Å². The Bertz CT molecular complexity index is 401. The molecule has 1 heterocycles. The van der Waals surface area contributed by atoms with Gasteiger partial charge in [-0.05, 0) is 32.2 Å². The predicted molar refractivity (Wildman–Crippen MR) is 91.0 cm³/mol. The van der Waals surface area contributed by atoms with Gasteiger partial charge in [-0.1, -0.05) is 6.08 Å². The van der Waals surface area contributed by atoms with Gasteiger partial charge in [0.05, 0.1) is 12.4 Å². The molecule has 7 heteroatoms. The number of hydrogen-bond donors (Lipinski definition) is 2. The van der Waals surface area contributed by atoms with Crippen LogP contribution < -0.4 is 11.1 Å². The second-order valence-electron chi connectivity index (χ2n) is 5.78. The summed E-state index contributed by atoms with van der Waals surface area (Å²) in [5.41, 5.74) is 5.78. The van der Waals surface area contributed by atoms with Crippen molar-refractivity contribution in [3.63, 3.8) is 0 Å². The van der Waals surface area contributed by atoms with Gasteiger partial charge >= 0.3 is 0 Å². The zero-order valence-corrected chi connectivity index (χ0v) is 14.4. The number of hydrogen-bond acceptors (Lipinski definition) is 6. The number of amides is 1. The predicted octanol–water partition coefficient (Wildman–Crippen LogP) is 0.713. The van der Waals surface area contributed by atoms with Crippen LogP contribution in [0.4, 0.5) is 0 Å². The molecule has 0 radical (unpaired) electrons. The minimum Gasteiger partial charge on any atom is -0.382 e. The Morgan fingerprint density at radius 2 is 2.26 bits per heavy atom. The molecule has 0 aliphatic carbocycles. The maximum Gasteiger partial charge on any atom is 0.239 e. The van der Waals surface area contributed by atoms with Crippen molar-refractivity contribution < 1.29 is 14.3 Å². The first kappa shape index (κ1) is 19.6. The van der Waals surface area contributed by atoms with Crippen molar-refractivity contribution in [3.05, 3.63) is 12.3 Å². The van der Waals surface area contributed by atoms with Crippen molar-refractivity contribution in [2.45, 2.75) is 38.5 Å². The average Bonchev–Trinajstić information content (AvgIpc) is 2.79. The van der Waals surface area contributed by atoms with Crippen LogP contribution in [0.3, 0.4) is 0 Å². The van der Waals surface area contributed by atoms with Crippen LogP contribution in [0, 0.1) is 5.92 Å². The van der Waals surface area contributed by atoms with E-state index >= 15 is 0 Å². The molecule has 23 heavy (non-hydrogen) atoms. The summed E-state index contributed by atoms with van der Waals surface area (Å²) in [5, 5.41) is 2.95. The number of nitrogens with zero attached hydrogens (tertiary/aromatic N) is 2. The van der Waals surface area contributed by atoms with E-state index in [-0.39, 0.29) is 30.7 Å². The lowest BCUT2D eigenvalue weighted by Crippen LogP contribution is -2.44. The van der Waals surface area contributed by atoms with Crippen LogP contribution >= 0.6 is 0 Å². The molecule has 0 spiro atoms. The van der Waals surface area contributed by atoms with Crippen molar-refractivity contribution in [2.24, 2.45) is 16.6 Å². The Kier molecular flexibility index (Phi) is 9.51. The fourth-order valence-electron chi connectivity index (χ4n) is 2.32. The van der Waals surface area contributed by atoms with Gasteiger partial charge in [0.1, 0.15) is 12.8 Å². The fourth-order valence-corrected chi connectivity index (χ4v) is 2.32. The largest absolute Gasteiger partial charge is 0.382 e. The number of methoxy groups -OCH3 is 2. The lowest BCUT2D eigenvalue weighted by Gasteiger charge is -2.26. The average molecular weight is 326 g/mol. The van der Waals surface area contributed by atoms with Crippen LogP contribution in [0.5, 0.6) is 0 Å². The quantitative estimate of drug-likeness (QED) is 0.617. The Labute approximate surface area is 138 Å². The van der Waals surface area contributed by atoms with E-state index in [4.69, 9.17) is 15.2 Å². The van der Waals surface area contributed by atoms with Gasteiger partial charge in [0.2, 0.25) is 5.91 Å². The van der Waals surface area contributed by atoms with Crippen LogP contribution in [0.1, 0.15) is 26.2 Å². The number of carbonyl (C=O) groups excluding carboxylic acids is 1. The molecule has 1 amide bonds. The number of nitrogens with one attached hydrogen (secondary N) is 1. The van der Waals surface area contributed by atoms with Gasteiger partial charge in [-0.3, -0.25) is 4.79 Å². The van der Waals surface area contributed by atoms with Crippen LogP contribution in [-0.2, 0) is 14.3 Å². The monoisotopic (exact) mass is 326 g/mol. The molecule has 3 unspecified atom stereocenters. The molecule has 0 aromatic rings.